The summed E-state index contributed by atoms with van der Waals surface area (Å²) in [6, 6.07) is 0. The van der Waals surface area contributed by atoms with E-state index in [2.05, 4.69) is 9.68 Å². The van der Waals surface area contributed by atoms with Crippen LogP contribution in [0.15, 0.2) is 17.0 Å². The summed E-state index contributed by atoms with van der Waals surface area (Å²) >= 11 is 0. The van der Waals surface area contributed by atoms with Gasteiger partial charge in [0.1, 0.15) is 6.26 Å². The summed E-state index contributed by atoms with van der Waals surface area (Å²) in [5, 5.41) is 3.39. The Morgan fingerprint density at radius 3 is 3.11 bits per heavy atom. The molecule has 0 fully saturated rings. The number of aromatic nitrogens is 1. The van der Waals surface area contributed by atoms with Gasteiger partial charge >= 0.3 is 0 Å². The zero-order chi connectivity index (χ0) is 6.69. The Bertz CT molecular complexity index is 193. The molecule has 0 aliphatic heterocycles. The first-order valence-corrected chi connectivity index (χ1v) is 2.45. The van der Waals surface area contributed by atoms with Crippen molar-refractivity contribution in [3.63, 3.8) is 0 Å². The third kappa shape index (κ3) is 1.56. The minimum absolute atomic E-state index is 0.198. The fraction of sp³-hybridized carbons (Fsp3) is 0.200. The first-order chi connectivity index (χ1) is 4.29. The molecule has 4 nitrogen and oxygen atoms in total. The van der Waals surface area contributed by atoms with Crippen molar-refractivity contribution in [1.82, 2.24) is 5.16 Å². The van der Waals surface area contributed by atoms with Crippen LogP contribution in [0.4, 0.5) is 0 Å². The van der Waals surface area contributed by atoms with Crippen molar-refractivity contribution in [3.05, 3.63) is 18.0 Å². The van der Waals surface area contributed by atoms with Gasteiger partial charge in [-0.25, -0.2) is 0 Å². The van der Waals surface area contributed by atoms with Crippen molar-refractivity contribution in [2.24, 2.45) is 5.73 Å². The van der Waals surface area contributed by atoms with E-state index in [4.69, 9.17) is 5.73 Å². The maximum Gasteiger partial charge on any atom is 0.222 e. The second-order valence-corrected chi connectivity index (χ2v) is 1.68. The van der Waals surface area contributed by atoms with Crippen molar-refractivity contribution in [1.29, 1.82) is 0 Å². The highest BCUT2D eigenvalue weighted by molar-refractivity contribution is 5.76. The Hall–Kier alpha value is -1.32. The maximum atomic E-state index is 10.2. The predicted octanol–water partition coefficient (Wildman–Crippen LogP) is -0.298. The molecule has 1 aromatic rings. The lowest BCUT2D eigenvalue weighted by Gasteiger charge is -1.84. The molecule has 0 unspecified atom stereocenters. The summed E-state index contributed by atoms with van der Waals surface area (Å²) < 4.78 is 4.46. The smallest absolute Gasteiger partial charge is 0.222 e. The number of nitrogens with two attached hydrogens (primary N) is 1. The van der Waals surface area contributed by atoms with E-state index in [1.165, 1.54) is 12.5 Å². The number of amides is 1. The Labute approximate surface area is 51.6 Å². The van der Waals surface area contributed by atoms with Crippen LogP contribution in [-0.2, 0) is 11.2 Å². The molecule has 2 N–H and O–H groups in total. The van der Waals surface area contributed by atoms with Crippen LogP contribution >= 0.6 is 0 Å². The molecule has 1 amide bonds. The number of primary amides is 1. The average molecular weight is 126 g/mol. The second-order valence-electron chi connectivity index (χ2n) is 1.68. The molecule has 0 saturated heterocycles. The van der Waals surface area contributed by atoms with Crippen LogP contribution in [0.25, 0.3) is 0 Å². The molecule has 0 aromatic carbocycles. The standard InChI is InChI=1S/C5H6N2O2/c6-5(8)1-4-2-7-9-3-4/h2-3H,1H2,(H2,6,8). The molecule has 0 aliphatic carbocycles. The van der Waals surface area contributed by atoms with Crippen LogP contribution in [-0.4, -0.2) is 11.1 Å². The summed E-state index contributed by atoms with van der Waals surface area (Å²) in [5.41, 5.74) is 5.59. The Morgan fingerprint density at radius 2 is 2.67 bits per heavy atom. The van der Waals surface area contributed by atoms with Gasteiger partial charge in [-0.1, -0.05) is 5.16 Å². The van der Waals surface area contributed by atoms with E-state index in [1.807, 2.05) is 0 Å². The van der Waals surface area contributed by atoms with Crippen LogP contribution < -0.4 is 5.73 Å². The Morgan fingerprint density at radius 1 is 1.89 bits per heavy atom. The molecule has 0 bridgehead atoms. The normalized spacial score (nSPS) is 9.33. The molecule has 0 saturated carbocycles. The van der Waals surface area contributed by atoms with Gasteiger partial charge in [-0.15, -0.1) is 0 Å². The molecule has 9 heavy (non-hydrogen) atoms. The SMILES string of the molecule is NC(=O)Cc1cnoc1. The zero-order valence-electron chi connectivity index (χ0n) is 4.70. The van der Waals surface area contributed by atoms with E-state index in [0.29, 0.717) is 5.56 Å². The first-order valence-electron chi connectivity index (χ1n) is 2.45. The molecular formula is C5H6N2O2. The minimum Gasteiger partial charge on any atom is -0.369 e. The van der Waals surface area contributed by atoms with E-state index >= 15 is 0 Å². The van der Waals surface area contributed by atoms with Crippen molar-refractivity contribution in [2.45, 2.75) is 6.42 Å². The van der Waals surface area contributed by atoms with E-state index in [0.717, 1.165) is 0 Å². The summed E-state index contributed by atoms with van der Waals surface area (Å²) in [4.78, 5) is 10.2. The molecule has 0 atom stereocenters. The topological polar surface area (TPSA) is 69.1 Å². The third-order valence-electron chi connectivity index (χ3n) is 0.862. The molecule has 48 valence electrons. The van der Waals surface area contributed by atoms with Gasteiger partial charge in [0.2, 0.25) is 5.91 Å². The zero-order valence-corrected chi connectivity index (χ0v) is 4.70. The van der Waals surface area contributed by atoms with E-state index < -0.39 is 0 Å². The van der Waals surface area contributed by atoms with Crippen molar-refractivity contribution in [3.8, 4) is 0 Å². The highest BCUT2D eigenvalue weighted by atomic mass is 16.5. The van der Waals surface area contributed by atoms with E-state index in [1.54, 1.807) is 0 Å². The fourth-order valence-corrected chi connectivity index (χ4v) is 0.515. The summed E-state index contributed by atoms with van der Waals surface area (Å²) in [7, 11) is 0. The molecule has 1 heterocycles. The second kappa shape index (κ2) is 2.30. The molecule has 0 spiro atoms. The van der Waals surface area contributed by atoms with Crippen molar-refractivity contribution >= 4 is 5.91 Å². The van der Waals surface area contributed by atoms with Crippen LogP contribution in [0, 0.1) is 0 Å². The fourth-order valence-electron chi connectivity index (χ4n) is 0.515. The van der Waals surface area contributed by atoms with Crippen molar-refractivity contribution < 1.29 is 9.32 Å². The summed E-state index contributed by atoms with van der Waals surface area (Å²) in [5.74, 6) is -0.377. The predicted molar refractivity (Wildman–Crippen MR) is 29.4 cm³/mol. The third-order valence-corrected chi connectivity index (χ3v) is 0.862. The van der Waals surface area contributed by atoms with Crippen molar-refractivity contribution in [2.75, 3.05) is 0 Å². The maximum absolute atomic E-state index is 10.2. The van der Waals surface area contributed by atoms with Crippen LogP contribution in [0.2, 0.25) is 0 Å². The van der Waals surface area contributed by atoms with Gasteiger partial charge in [0.25, 0.3) is 0 Å². The van der Waals surface area contributed by atoms with E-state index in [9.17, 15) is 4.79 Å². The van der Waals surface area contributed by atoms with Gasteiger partial charge in [0, 0.05) is 5.56 Å². The first kappa shape index (κ1) is 5.81. The average Bonchev–Trinajstić information content (AvgIpc) is 2.15. The molecule has 1 rings (SSSR count). The van der Waals surface area contributed by atoms with Gasteiger partial charge in [0.15, 0.2) is 0 Å². The summed E-state index contributed by atoms with van der Waals surface area (Å²) in [6.07, 6.45) is 3.05. The number of carbonyl (C=O) groups excluding carboxylic acids is 1. The lowest BCUT2D eigenvalue weighted by Crippen LogP contribution is -2.12. The quantitative estimate of drug-likeness (QED) is 0.591. The van der Waals surface area contributed by atoms with Gasteiger partial charge < -0.3 is 10.3 Å². The molecule has 1 aromatic heterocycles. The number of hydrogen-bond acceptors (Lipinski definition) is 3. The molecule has 0 aliphatic rings. The number of rotatable bonds is 2. The molecule has 4 heteroatoms. The molecular weight excluding hydrogens is 120 g/mol. The van der Waals surface area contributed by atoms with Gasteiger partial charge in [-0.3, -0.25) is 4.79 Å². The molecule has 0 radical (unpaired) electrons. The summed E-state index contributed by atoms with van der Waals surface area (Å²) in [6.45, 7) is 0. The van der Waals surface area contributed by atoms with Crippen LogP contribution in [0.1, 0.15) is 5.56 Å². The Balaban J connectivity index is 2.58. The number of carbonyl (C=O) groups is 1. The van der Waals surface area contributed by atoms with Gasteiger partial charge in [-0.05, 0) is 0 Å². The monoisotopic (exact) mass is 126 g/mol. The number of hydrogen-bond donors (Lipinski definition) is 1. The van der Waals surface area contributed by atoms with E-state index in [-0.39, 0.29) is 12.3 Å². The van der Waals surface area contributed by atoms with Gasteiger partial charge in [0.05, 0.1) is 12.6 Å². The van der Waals surface area contributed by atoms with Crippen LogP contribution in [0.3, 0.4) is 0 Å². The van der Waals surface area contributed by atoms with Crippen LogP contribution in [0.5, 0.6) is 0 Å². The minimum atomic E-state index is -0.377. The van der Waals surface area contributed by atoms with Gasteiger partial charge in [-0.2, -0.15) is 0 Å². The lowest BCUT2D eigenvalue weighted by atomic mass is 10.2. The largest absolute Gasteiger partial charge is 0.369 e. The Kier molecular flexibility index (Phi) is 1.48. The highest BCUT2D eigenvalue weighted by Gasteiger charge is 1.98. The lowest BCUT2D eigenvalue weighted by molar-refractivity contribution is -0.117. The highest BCUT2D eigenvalue weighted by Crippen LogP contribution is 1.95. The number of nitrogens with zero attached hydrogens (tertiary/aromatic N) is 1.